The average Bonchev–Trinajstić information content (AvgIpc) is 2.48. The Morgan fingerprint density at radius 2 is 1.57 bits per heavy atom. The van der Waals surface area contributed by atoms with Crippen molar-refractivity contribution in [3.63, 3.8) is 0 Å². The average molecular weight is 316 g/mol. The van der Waals surface area contributed by atoms with E-state index in [1.54, 1.807) is 0 Å². The van der Waals surface area contributed by atoms with Crippen LogP contribution in [-0.4, -0.2) is 24.2 Å². The minimum atomic E-state index is -3.36. The van der Waals surface area contributed by atoms with Crippen molar-refractivity contribution in [3.8, 4) is 11.5 Å². The number of anilines is 1. The lowest BCUT2D eigenvalue weighted by Crippen LogP contribution is -2.25. The molecule has 0 aliphatic heterocycles. The van der Waals surface area contributed by atoms with Gasteiger partial charge in [0.2, 0.25) is 5.28 Å². The summed E-state index contributed by atoms with van der Waals surface area (Å²) in [5.74, 6) is 0.524. The Hall–Kier alpha value is -2.15. The van der Waals surface area contributed by atoms with Crippen LogP contribution in [-0.2, 0) is 6.05 Å². The van der Waals surface area contributed by atoms with Crippen LogP contribution < -0.4 is 14.8 Å². The Labute approximate surface area is 124 Å². The van der Waals surface area contributed by atoms with Gasteiger partial charge < -0.3 is 14.8 Å². The van der Waals surface area contributed by atoms with E-state index in [1.807, 2.05) is 5.32 Å². The molecule has 2 aromatic rings. The van der Waals surface area contributed by atoms with Gasteiger partial charge in [-0.3, -0.25) is 0 Å². The fraction of sp³-hybridized carbons (Fsp3) is 0.231. The second-order valence-corrected chi connectivity index (χ2v) is 4.38. The smallest absolute Gasteiger partial charge is 0.350 e. The zero-order chi connectivity index (χ0) is 15.5. The minimum absolute atomic E-state index is 0.0214. The van der Waals surface area contributed by atoms with Crippen molar-refractivity contribution >= 4 is 17.3 Å². The number of hydrogen-bond donors (Lipinski definition) is 1. The highest BCUT2D eigenvalue weighted by Crippen LogP contribution is 2.34. The quantitative estimate of drug-likeness (QED) is 0.677. The summed E-state index contributed by atoms with van der Waals surface area (Å²) in [7, 11) is 2.77. The van der Waals surface area contributed by atoms with Gasteiger partial charge in [-0.15, -0.1) is 0 Å². The van der Waals surface area contributed by atoms with E-state index in [-0.39, 0.29) is 28.0 Å². The van der Waals surface area contributed by atoms with Gasteiger partial charge in [-0.25, -0.2) is 9.97 Å². The van der Waals surface area contributed by atoms with Crippen LogP contribution in [0.15, 0.2) is 30.6 Å². The van der Waals surface area contributed by atoms with Crippen LogP contribution in [0.2, 0.25) is 5.28 Å². The van der Waals surface area contributed by atoms with E-state index in [4.69, 9.17) is 21.1 Å². The Bertz CT molecular complexity index is 601. The van der Waals surface area contributed by atoms with Crippen LogP contribution in [0.5, 0.6) is 11.5 Å². The van der Waals surface area contributed by atoms with Crippen LogP contribution in [0.4, 0.5) is 14.5 Å². The first kappa shape index (κ1) is 15.2. The number of nitrogens with zero attached hydrogens (tertiary/aromatic N) is 2. The molecule has 8 heteroatoms. The molecule has 0 atom stereocenters. The molecule has 0 amide bonds. The Morgan fingerprint density at radius 3 is 2.05 bits per heavy atom. The zero-order valence-electron chi connectivity index (χ0n) is 11.2. The van der Waals surface area contributed by atoms with Gasteiger partial charge in [0.05, 0.1) is 37.9 Å². The molecule has 0 aliphatic carbocycles. The highest BCUT2D eigenvalue weighted by atomic mass is 35.5. The van der Waals surface area contributed by atoms with Gasteiger partial charge >= 0.3 is 6.05 Å². The maximum absolute atomic E-state index is 14.3. The maximum atomic E-state index is 14.3. The SMILES string of the molecule is COc1cc(OC)cc(C(F)(F)Nc2cnc(Cl)nc2)c1. The van der Waals surface area contributed by atoms with Gasteiger partial charge in [0.25, 0.3) is 0 Å². The normalized spacial score (nSPS) is 11.1. The molecule has 0 radical (unpaired) electrons. The van der Waals surface area contributed by atoms with E-state index < -0.39 is 6.05 Å². The van der Waals surface area contributed by atoms with Crippen molar-refractivity contribution in [2.75, 3.05) is 19.5 Å². The highest BCUT2D eigenvalue weighted by Gasteiger charge is 2.33. The van der Waals surface area contributed by atoms with Gasteiger partial charge in [0.15, 0.2) is 0 Å². The number of nitrogens with one attached hydrogen (secondary N) is 1. The third-order valence-corrected chi connectivity index (χ3v) is 2.83. The summed E-state index contributed by atoms with van der Waals surface area (Å²) in [5, 5.41) is 2.01. The van der Waals surface area contributed by atoms with E-state index in [1.165, 1.54) is 44.8 Å². The number of rotatable bonds is 5. The first-order valence-electron chi connectivity index (χ1n) is 5.81. The summed E-state index contributed by atoms with van der Waals surface area (Å²) in [6.07, 6.45) is 2.33. The van der Waals surface area contributed by atoms with Gasteiger partial charge in [-0.2, -0.15) is 8.78 Å². The van der Waals surface area contributed by atoms with Crippen molar-refractivity contribution in [1.29, 1.82) is 0 Å². The minimum Gasteiger partial charge on any atom is -0.497 e. The van der Waals surface area contributed by atoms with E-state index >= 15 is 0 Å². The summed E-state index contributed by atoms with van der Waals surface area (Å²) >= 11 is 5.51. The molecule has 0 fully saturated rings. The lowest BCUT2D eigenvalue weighted by Gasteiger charge is -2.20. The molecule has 0 bridgehead atoms. The molecule has 0 saturated heterocycles. The molecule has 2 rings (SSSR count). The standard InChI is InChI=1S/C13H12ClF2N3O2/c1-20-10-3-8(4-11(5-10)21-2)13(15,16)19-9-6-17-12(14)18-7-9/h3-7,19H,1-2H3. The van der Waals surface area contributed by atoms with Crippen molar-refractivity contribution in [2.24, 2.45) is 0 Å². The van der Waals surface area contributed by atoms with Crippen LogP contribution in [0.25, 0.3) is 0 Å². The Balaban J connectivity index is 2.31. The Kier molecular flexibility index (Phi) is 4.42. The number of benzene rings is 1. The number of methoxy groups -OCH3 is 2. The summed E-state index contributed by atoms with van der Waals surface area (Å²) in [6.45, 7) is 0. The molecule has 0 unspecified atom stereocenters. The predicted octanol–water partition coefficient (Wildman–Crippen LogP) is 3.31. The number of aromatic nitrogens is 2. The molecule has 21 heavy (non-hydrogen) atoms. The molecule has 1 aromatic carbocycles. The maximum Gasteiger partial charge on any atom is 0.350 e. The van der Waals surface area contributed by atoms with Crippen LogP contribution in [0.1, 0.15) is 5.56 Å². The summed E-state index contributed by atoms with van der Waals surface area (Å²) in [5.41, 5.74) is -0.278. The van der Waals surface area contributed by atoms with Crippen LogP contribution in [0.3, 0.4) is 0 Å². The summed E-state index contributed by atoms with van der Waals surface area (Å²) < 4.78 is 38.5. The number of ether oxygens (including phenoxy) is 2. The van der Waals surface area contributed by atoms with E-state index in [9.17, 15) is 8.78 Å². The summed E-state index contributed by atoms with van der Waals surface area (Å²) in [6, 6.07) is 0.572. The number of alkyl halides is 2. The third kappa shape index (κ3) is 3.69. The Morgan fingerprint density at radius 1 is 1.05 bits per heavy atom. The first-order valence-corrected chi connectivity index (χ1v) is 6.19. The monoisotopic (exact) mass is 315 g/mol. The first-order chi connectivity index (χ1) is 9.94. The lowest BCUT2D eigenvalue weighted by molar-refractivity contribution is 0.0279. The second-order valence-electron chi connectivity index (χ2n) is 4.04. The second kappa shape index (κ2) is 6.09. The van der Waals surface area contributed by atoms with Gasteiger partial charge in [0, 0.05) is 6.07 Å². The van der Waals surface area contributed by atoms with Crippen molar-refractivity contribution < 1.29 is 18.3 Å². The fourth-order valence-corrected chi connectivity index (χ4v) is 1.72. The molecule has 1 N–H and O–H groups in total. The third-order valence-electron chi connectivity index (χ3n) is 2.64. The zero-order valence-corrected chi connectivity index (χ0v) is 12.0. The van der Waals surface area contributed by atoms with Gasteiger partial charge in [0.1, 0.15) is 11.5 Å². The molecule has 1 heterocycles. The van der Waals surface area contributed by atoms with E-state index in [2.05, 4.69) is 9.97 Å². The molecule has 0 spiro atoms. The molecule has 0 aliphatic rings. The number of halogens is 3. The highest BCUT2D eigenvalue weighted by molar-refractivity contribution is 6.28. The molecular weight excluding hydrogens is 304 g/mol. The summed E-state index contributed by atoms with van der Waals surface area (Å²) in [4.78, 5) is 7.27. The largest absolute Gasteiger partial charge is 0.497 e. The molecule has 0 saturated carbocycles. The molecule has 112 valence electrons. The molecular formula is C13H12ClF2N3O2. The lowest BCUT2D eigenvalue weighted by atomic mass is 10.1. The van der Waals surface area contributed by atoms with Gasteiger partial charge in [-0.1, -0.05) is 0 Å². The van der Waals surface area contributed by atoms with Crippen LogP contribution in [0, 0.1) is 0 Å². The van der Waals surface area contributed by atoms with Gasteiger partial charge in [-0.05, 0) is 23.7 Å². The van der Waals surface area contributed by atoms with Crippen molar-refractivity contribution in [1.82, 2.24) is 9.97 Å². The predicted molar refractivity (Wildman–Crippen MR) is 74.1 cm³/mol. The van der Waals surface area contributed by atoms with E-state index in [0.717, 1.165) is 0 Å². The number of hydrogen-bond acceptors (Lipinski definition) is 5. The molecule has 1 aromatic heterocycles. The van der Waals surface area contributed by atoms with Crippen molar-refractivity contribution in [3.05, 3.63) is 41.4 Å². The van der Waals surface area contributed by atoms with Crippen molar-refractivity contribution in [2.45, 2.75) is 6.05 Å². The fourth-order valence-electron chi connectivity index (χ4n) is 1.62. The van der Waals surface area contributed by atoms with Crippen LogP contribution >= 0.6 is 11.6 Å². The molecule has 5 nitrogen and oxygen atoms in total. The van der Waals surface area contributed by atoms with E-state index in [0.29, 0.717) is 0 Å². The topological polar surface area (TPSA) is 56.3 Å².